The van der Waals surface area contributed by atoms with Gasteiger partial charge in [-0.2, -0.15) is 0 Å². The summed E-state index contributed by atoms with van der Waals surface area (Å²) in [6, 6.07) is -1.33. The number of aliphatic hydroxyl groups is 1. The average Bonchev–Trinajstić information content (AvgIpc) is 2.70. The highest BCUT2D eigenvalue weighted by Gasteiger charge is 2.47. The van der Waals surface area contributed by atoms with Gasteiger partial charge in [0.05, 0.1) is 0 Å². The van der Waals surface area contributed by atoms with Crippen molar-refractivity contribution in [1.29, 1.82) is 0 Å². The van der Waals surface area contributed by atoms with Crippen LogP contribution in [0.15, 0.2) is 0 Å². The molecule has 0 bridgehead atoms. The number of hydrogen-bond acceptors (Lipinski definition) is 4. The Morgan fingerprint density at radius 1 is 1.58 bits per heavy atom. The maximum absolute atomic E-state index is 10.3. The summed E-state index contributed by atoms with van der Waals surface area (Å²) >= 11 is 0. The molecule has 0 radical (unpaired) electrons. The van der Waals surface area contributed by atoms with Crippen LogP contribution in [0.1, 0.15) is 12.8 Å². The van der Waals surface area contributed by atoms with Gasteiger partial charge < -0.3 is 10.2 Å². The molecule has 0 heterocycles. The number of nitrogens with zero attached hydrogens (tertiary/aromatic N) is 1. The normalized spacial score (nSPS) is 21.4. The minimum atomic E-state index is -1.87. The number of aliphatic carboxylic acids is 1. The van der Waals surface area contributed by atoms with Gasteiger partial charge in [0.25, 0.3) is 6.04 Å². The molecule has 0 aromatic carbocycles. The molecule has 0 aliphatic heterocycles. The fraction of sp³-hybridized carbons (Fsp3) is 0.833. The van der Waals surface area contributed by atoms with E-state index in [1.807, 2.05) is 0 Å². The number of nitro groups is 1. The monoisotopic (exact) mass is 175 g/mol. The maximum Gasteiger partial charge on any atom is 0.339 e. The van der Waals surface area contributed by atoms with E-state index in [0.29, 0.717) is 12.8 Å². The summed E-state index contributed by atoms with van der Waals surface area (Å²) in [6.45, 7) is 0. The average molecular weight is 175 g/mol. The first-order valence-corrected chi connectivity index (χ1v) is 3.58. The third-order valence-corrected chi connectivity index (χ3v) is 1.92. The Morgan fingerprint density at radius 2 is 2.08 bits per heavy atom. The summed E-state index contributed by atoms with van der Waals surface area (Å²) in [5, 5.41) is 27.6. The molecule has 2 N–H and O–H groups in total. The second-order valence-corrected chi connectivity index (χ2v) is 2.90. The molecule has 6 heteroatoms. The zero-order valence-electron chi connectivity index (χ0n) is 6.21. The molecule has 0 aromatic rings. The molecule has 12 heavy (non-hydrogen) atoms. The van der Waals surface area contributed by atoms with Crippen LogP contribution in [-0.4, -0.2) is 33.3 Å². The van der Waals surface area contributed by atoms with Gasteiger partial charge >= 0.3 is 5.97 Å². The quantitative estimate of drug-likeness (QED) is 0.442. The Balaban J connectivity index is 2.64. The van der Waals surface area contributed by atoms with Crippen LogP contribution in [-0.2, 0) is 4.79 Å². The zero-order chi connectivity index (χ0) is 9.30. The fourth-order valence-corrected chi connectivity index (χ4v) is 1.13. The molecular weight excluding hydrogens is 166 g/mol. The molecule has 68 valence electrons. The Labute approximate surface area is 68.0 Å². The number of carboxylic acid groups (broad SMARTS) is 1. The molecular formula is C6H9NO5. The largest absolute Gasteiger partial charge is 0.479 e. The van der Waals surface area contributed by atoms with Crippen molar-refractivity contribution in [1.82, 2.24) is 0 Å². The number of rotatable bonds is 4. The summed E-state index contributed by atoms with van der Waals surface area (Å²) in [4.78, 5) is 19.8. The Hall–Kier alpha value is -1.17. The second-order valence-electron chi connectivity index (χ2n) is 2.90. The zero-order valence-corrected chi connectivity index (χ0v) is 6.21. The molecule has 1 rings (SSSR count). The Kier molecular flexibility index (Phi) is 2.27. The maximum atomic E-state index is 10.3. The minimum absolute atomic E-state index is 0.258. The first kappa shape index (κ1) is 8.92. The molecule has 6 nitrogen and oxygen atoms in total. The van der Waals surface area contributed by atoms with Gasteiger partial charge in [0.1, 0.15) is 0 Å². The van der Waals surface area contributed by atoms with Crippen LogP contribution >= 0.6 is 0 Å². The highest BCUT2D eigenvalue weighted by Crippen LogP contribution is 2.35. The van der Waals surface area contributed by atoms with Gasteiger partial charge in [-0.3, -0.25) is 10.1 Å². The molecule has 1 saturated carbocycles. The lowest BCUT2D eigenvalue weighted by atomic mass is 10.1. The number of hydrogen-bond donors (Lipinski definition) is 2. The van der Waals surface area contributed by atoms with Gasteiger partial charge in [-0.25, -0.2) is 4.79 Å². The van der Waals surface area contributed by atoms with Crippen LogP contribution in [0.4, 0.5) is 0 Å². The molecule has 1 fully saturated rings. The van der Waals surface area contributed by atoms with Gasteiger partial charge in [-0.1, -0.05) is 0 Å². The molecule has 2 atom stereocenters. The van der Waals surface area contributed by atoms with Crippen LogP contribution in [0.2, 0.25) is 0 Å². The first-order valence-electron chi connectivity index (χ1n) is 3.58. The Morgan fingerprint density at radius 3 is 2.33 bits per heavy atom. The lowest BCUT2D eigenvalue weighted by Crippen LogP contribution is -2.40. The van der Waals surface area contributed by atoms with E-state index in [1.165, 1.54) is 0 Å². The van der Waals surface area contributed by atoms with Crippen molar-refractivity contribution in [3.05, 3.63) is 10.1 Å². The van der Waals surface area contributed by atoms with Crippen LogP contribution in [0.5, 0.6) is 0 Å². The van der Waals surface area contributed by atoms with E-state index in [4.69, 9.17) is 10.2 Å². The summed E-state index contributed by atoms with van der Waals surface area (Å²) in [6.07, 6.45) is -0.598. The molecule has 0 amide bonds. The lowest BCUT2D eigenvalue weighted by molar-refractivity contribution is -0.536. The summed E-state index contributed by atoms with van der Waals surface area (Å²) < 4.78 is 0. The van der Waals surface area contributed by atoms with Gasteiger partial charge in [0, 0.05) is 10.8 Å². The minimum Gasteiger partial charge on any atom is -0.479 e. The third-order valence-electron chi connectivity index (χ3n) is 1.92. The number of aliphatic hydroxyl groups excluding tert-OH is 1. The van der Waals surface area contributed by atoms with Crippen LogP contribution in [0.25, 0.3) is 0 Å². The van der Waals surface area contributed by atoms with Crippen molar-refractivity contribution in [2.75, 3.05) is 0 Å². The lowest BCUT2D eigenvalue weighted by Gasteiger charge is -2.10. The summed E-state index contributed by atoms with van der Waals surface area (Å²) in [5.41, 5.74) is 0. The van der Waals surface area contributed by atoms with E-state index in [0.717, 1.165) is 0 Å². The molecule has 1 aliphatic rings. The molecule has 0 aromatic heterocycles. The van der Waals surface area contributed by atoms with Crippen molar-refractivity contribution in [2.24, 2.45) is 5.92 Å². The van der Waals surface area contributed by atoms with Gasteiger partial charge in [0.15, 0.2) is 0 Å². The molecule has 0 spiro atoms. The predicted octanol–water partition coefficient (Wildman–Crippen LogP) is -0.513. The first-order chi connectivity index (χ1) is 5.54. The molecule has 1 aliphatic carbocycles. The standard InChI is InChI=1S/C6H9NO5/c8-5(6(9)10)4(7(11)12)3-1-2-3/h3-5,8H,1-2H2,(H,9,10). The van der Waals surface area contributed by atoms with E-state index in [9.17, 15) is 14.9 Å². The summed E-state index contributed by atoms with van der Waals surface area (Å²) in [7, 11) is 0. The van der Waals surface area contributed by atoms with Crippen molar-refractivity contribution in [3.63, 3.8) is 0 Å². The topological polar surface area (TPSA) is 101 Å². The highest BCUT2D eigenvalue weighted by atomic mass is 16.6. The number of carboxylic acids is 1. The van der Waals surface area contributed by atoms with Crippen molar-refractivity contribution in [3.8, 4) is 0 Å². The highest BCUT2D eigenvalue weighted by molar-refractivity contribution is 5.72. The van der Waals surface area contributed by atoms with Crippen LogP contribution in [0, 0.1) is 16.0 Å². The van der Waals surface area contributed by atoms with Crippen molar-refractivity contribution in [2.45, 2.75) is 25.0 Å². The number of carbonyl (C=O) groups is 1. The predicted molar refractivity (Wildman–Crippen MR) is 37.1 cm³/mol. The molecule has 2 unspecified atom stereocenters. The van der Waals surface area contributed by atoms with Gasteiger partial charge in [0.2, 0.25) is 6.10 Å². The van der Waals surface area contributed by atoms with Gasteiger partial charge in [-0.15, -0.1) is 0 Å². The Bertz CT molecular complexity index is 212. The van der Waals surface area contributed by atoms with Crippen LogP contribution in [0.3, 0.4) is 0 Å². The molecule has 0 saturated heterocycles. The van der Waals surface area contributed by atoms with Gasteiger partial charge in [-0.05, 0) is 12.8 Å². The van der Waals surface area contributed by atoms with Crippen molar-refractivity contribution < 1.29 is 19.9 Å². The van der Waals surface area contributed by atoms with E-state index in [2.05, 4.69) is 0 Å². The van der Waals surface area contributed by atoms with E-state index in [-0.39, 0.29) is 5.92 Å². The summed E-state index contributed by atoms with van der Waals surface area (Å²) in [5.74, 6) is -1.78. The second kappa shape index (κ2) is 3.06. The van der Waals surface area contributed by atoms with E-state index >= 15 is 0 Å². The smallest absolute Gasteiger partial charge is 0.339 e. The van der Waals surface area contributed by atoms with E-state index in [1.54, 1.807) is 0 Å². The van der Waals surface area contributed by atoms with Crippen molar-refractivity contribution >= 4 is 5.97 Å². The van der Waals surface area contributed by atoms with E-state index < -0.39 is 23.0 Å². The SMILES string of the molecule is O=C(O)C(O)C(C1CC1)[N+](=O)[O-]. The third kappa shape index (κ3) is 1.70. The van der Waals surface area contributed by atoms with Crippen LogP contribution < -0.4 is 0 Å². The fourth-order valence-electron chi connectivity index (χ4n) is 1.13.